The minimum absolute atomic E-state index is 0.0319. The summed E-state index contributed by atoms with van der Waals surface area (Å²) in [7, 11) is 3.20. The van der Waals surface area contributed by atoms with Crippen molar-refractivity contribution in [3.8, 4) is 34.3 Å². The predicted molar refractivity (Wildman–Crippen MR) is 158 cm³/mol. The highest BCUT2D eigenvalue weighted by Crippen LogP contribution is 2.45. The molecule has 8 nitrogen and oxygen atoms in total. The summed E-state index contributed by atoms with van der Waals surface area (Å²) < 4.78 is 16.9. The van der Waals surface area contributed by atoms with Crippen molar-refractivity contribution in [1.29, 1.82) is 0 Å². The quantitative estimate of drug-likeness (QED) is 0.207. The number of halogens is 1. The van der Waals surface area contributed by atoms with Gasteiger partial charge in [-0.3, -0.25) is 9.89 Å². The summed E-state index contributed by atoms with van der Waals surface area (Å²) in [5, 5.41) is 18.6. The van der Waals surface area contributed by atoms with Crippen molar-refractivity contribution in [2.24, 2.45) is 5.92 Å². The number of carbonyl (C=O) groups is 1. The van der Waals surface area contributed by atoms with Crippen molar-refractivity contribution in [3.63, 3.8) is 0 Å². The van der Waals surface area contributed by atoms with Crippen molar-refractivity contribution in [2.75, 3.05) is 27.4 Å². The fourth-order valence-corrected chi connectivity index (χ4v) is 5.32. The second kappa shape index (κ2) is 12.1. The Morgan fingerprint density at radius 2 is 1.85 bits per heavy atom. The fraction of sp³-hybridized carbons (Fsp3) is 0.312. The molecule has 0 saturated carbocycles. The molecule has 0 radical (unpaired) electrons. The number of fused-ring (bicyclic) bond motifs is 1. The van der Waals surface area contributed by atoms with E-state index in [1.807, 2.05) is 47.4 Å². The van der Waals surface area contributed by atoms with Gasteiger partial charge in [-0.05, 0) is 72.4 Å². The second-order valence-electron chi connectivity index (χ2n) is 10.5. The van der Waals surface area contributed by atoms with Gasteiger partial charge in [0.25, 0.3) is 5.91 Å². The van der Waals surface area contributed by atoms with Crippen LogP contribution < -0.4 is 14.2 Å². The molecule has 2 heterocycles. The van der Waals surface area contributed by atoms with Crippen LogP contribution in [0.1, 0.15) is 53.5 Å². The number of nitrogens with one attached hydrogen (secondary N) is 1. The Bertz CT molecular complexity index is 1550. The molecule has 41 heavy (non-hydrogen) atoms. The molecule has 5 rings (SSSR count). The standard InChI is InChI=1S/C32H34ClN3O5/c1-19(2)13-15-41-23-7-5-6-21(17-23)31-28-29(24-18-22(33)9-10-25(24)37)34-35-30(28)32(38)36(31)14-12-20-8-11-26(39-3)27(16-20)40-4/h5-11,16-19,31,37H,12-15H2,1-4H3,(H,34,35). The van der Waals surface area contributed by atoms with E-state index in [2.05, 4.69) is 24.0 Å². The first-order valence-corrected chi connectivity index (χ1v) is 14.0. The highest BCUT2D eigenvalue weighted by atomic mass is 35.5. The van der Waals surface area contributed by atoms with Crippen LogP contribution in [0.5, 0.6) is 23.0 Å². The molecule has 214 valence electrons. The molecule has 1 aliphatic heterocycles. The summed E-state index contributed by atoms with van der Waals surface area (Å²) in [6.07, 6.45) is 1.52. The van der Waals surface area contributed by atoms with Crippen LogP contribution in [-0.2, 0) is 6.42 Å². The van der Waals surface area contributed by atoms with Gasteiger partial charge in [0, 0.05) is 22.7 Å². The molecule has 2 N–H and O–H groups in total. The van der Waals surface area contributed by atoms with Crippen LogP contribution in [0.15, 0.2) is 60.7 Å². The van der Waals surface area contributed by atoms with E-state index < -0.39 is 6.04 Å². The number of aromatic amines is 1. The van der Waals surface area contributed by atoms with Crippen molar-refractivity contribution < 1.29 is 24.1 Å². The molecular weight excluding hydrogens is 542 g/mol. The van der Waals surface area contributed by atoms with Crippen LogP contribution >= 0.6 is 11.6 Å². The number of ether oxygens (including phenoxy) is 3. The Labute approximate surface area is 244 Å². The minimum Gasteiger partial charge on any atom is -0.507 e. The topological polar surface area (TPSA) is 96.9 Å². The van der Waals surface area contributed by atoms with E-state index in [1.165, 1.54) is 6.07 Å². The van der Waals surface area contributed by atoms with Gasteiger partial charge in [-0.15, -0.1) is 0 Å². The average molecular weight is 576 g/mol. The molecule has 1 unspecified atom stereocenters. The van der Waals surface area contributed by atoms with E-state index >= 15 is 0 Å². The number of phenolic OH excluding ortho intramolecular Hbond substituents is 1. The molecule has 0 aliphatic carbocycles. The SMILES string of the molecule is COc1ccc(CCN2C(=O)c3[nH]nc(-c4cc(Cl)ccc4O)c3C2c2cccc(OCCC(C)C)c2)cc1OC. The molecule has 1 aliphatic rings. The Kier molecular flexibility index (Phi) is 8.40. The van der Waals surface area contributed by atoms with Gasteiger partial charge in [-0.25, -0.2) is 0 Å². The third-order valence-electron chi connectivity index (χ3n) is 7.30. The van der Waals surface area contributed by atoms with Gasteiger partial charge in [0.15, 0.2) is 11.5 Å². The number of aromatic hydroxyl groups is 1. The zero-order valence-electron chi connectivity index (χ0n) is 23.6. The Morgan fingerprint density at radius 1 is 1.05 bits per heavy atom. The number of nitrogens with zero attached hydrogens (tertiary/aromatic N) is 2. The third kappa shape index (κ3) is 5.84. The summed E-state index contributed by atoms with van der Waals surface area (Å²) in [6, 6.07) is 17.9. The second-order valence-corrected chi connectivity index (χ2v) is 10.9. The average Bonchev–Trinajstić information content (AvgIpc) is 3.51. The lowest BCUT2D eigenvalue weighted by atomic mass is 9.95. The number of methoxy groups -OCH3 is 2. The van der Waals surface area contributed by atoms with Gasteiger partial charge in [0.2, 0.25) is 0 Å². The number of aromatic nitrogens is 2. The van der Waals surface area contributed by atoms with Crippen LogP contribution in [-0.4, -0.2) is 53.5 Å². The first-order chi connectivity index (χ1) is 19.8. The highest BCUT2D eigenvalue weighted by molar-refractivity contribution is 6.31. The first kappa shape index (κ1) is 28.4. The van der Waals surface area contributed by atoms with E-state index in [0.717, 1.165) is 23.3 Å². The summed E-state index contributed by atoms with van der Waals surface area (Å²) in [5.74, 6) is 2.40. The van der Waals surface area contributed by atoms with Crippen molar-refractivity contribution >= 4 is 17.5 Å². The van der Waals surface area contributed by atoms with E-state index in [4.69, 9.17) is 25.8 Å². The molecule has 9 heteroatoms. The van der Waals surface area contributed by atoms with Crippen molar-refractivity contribution in [1.82, 2.24) is 15.1 Å². The Hall–Kier alpha value is -4.17. The summed E-state index contributed by atoms with van der Waals surface area (Å²) in [6.45, 7) is 5.36. The van der Waals surface area contributed by atoms with Gasteiger partial charge < -0.3 is 24.2 Å². The monoisotopic (exact) mass is 575 g/mol. The normalized spacial score (nSPS) is 14.4. The largest absolute Gasteiger partial charge is 0.507 e. The maximum Gasteiger partial charge on any atom is 0.273 e. The van der Waals surface area contributed by atoms with Gasteiger partial charge in [0.1, 0.15) is 22.9 Å². The lowest BCUT2D eigenvalue weighted by molar-refractivity contribution is 0.0745. The third-order valence-corrected chi connectivity index (χ3v) is 7.54. The van der Waals surface area contributed by atoms with Gasteiger partial charge >= 0.3 is 0 Å². The number of amides is 1. The Balaban J connectivity index is 1.53. The summed E-state index contributed by atoms with van der Waals surface area (Å²) in [5.41, 5.74) is 3.91. The summed E-state index contributed by atoms with van der Waals surface area (Å²) in [4.78, 5) is 15.7. The molecule has 1 amide bonds. The maximum absolute atomic E-state index is 13.8. The molecule has 0 fully saturated rings. The molecule has 0 saturated heterocycles. The van der Waals surface area contributed by atoms with Crippen molar-refractivity contribution in [2.45, 2.75) is 32.7 Å². The molecule has 4 aromatic rings. The number of hydrogen-bond donors (Lipinski definition) is 2. The Morgan fingerprint density at radius 3 is 2.61 bits per heavy atom. The summed E-state index contributed by atoms with van der Waals surface area (Å²) >= 11 is 6.29. The van der Waals surface area contributed by atoms with E-state index in [-0.39, 0.29) is 11.7 Å². The van der Waals surface area contributed by atoms with Crippen LogP contribution in [0, 0.1) is 5.92 Å². The van der Waals surface area contributed by atoms with Crippen LogP contribution in [0.4, 0.5) is 0 Å². The lowest BCUT2D eigenvalue weighted by Gasteiger charge is -2.27. The van der Waals surface area contributed by atoms with Crippen molar-refractivity contribution in [3.05, 3.63) is 88.1 Å². The van der Waals surface area contributed by atoms with Gasteiger partial charge in [-0.2, -0.15) is 5.10 Å². The molecule has 3 aromatic carbocycles. The van der Waals surface area contributed by atoms with E-state index in [9.17, 15) is 9.90 Å². The molecule has 0 spiro atoms. The lowest BCUT2D eigenvalue weighted by Crippen LogP contribution is -2.31. The minimum atomic E-state index is -0.460. The van der Waals surface area contributed by atoms with E-state index in [0.29, 0.717) is 64.5 Å². The van der Waals surface area contributed by atoms with Gasteiger partial charge in [-0.1, -0.05) is 43.6 Å². The predicted octanol–water partition coefficient (Wildman–Crippen LogP) is 6.67. The number of benzene rings is 3. The number of phenols is 1. The smallest absolute Gasteiger partial charge is 0.273 e. The number of hydrogen-bond acceptors (Lipinski definition) is 6. The number of H-pyrrole nitrogens is 1. The van der Waals surface area contributed by atoms with Crippen LogP contribution in [0.3, 0.4) is 0 Å². The van der Waals surface area contributed by atoms with Crippen LogP contribution in [0.25, 0.3) is 11.3 Å². The van der Waals surface area contributed by atoms with Crippen LogP contribution in [0.2, 0.25) is 5.02 Å². The zero-order chi connectivity index (χ0) is 29.1. The maximum atomic E-state index is 13.8. The number of rotatable bonds is 11. The molecule has 0 bridgehead atoms. The fourth-order valence-electron chi connectivity index (χ4n) is 5.15. The first-order valence-electron chi connectivity index (χ1n) is 13.6. The van der Waals surface area contributed by atoms with E-state index in [1.54, 1.807) is 26.4 Å². The molecule has 1 aromatic heterocycles. The molecular formula is C32H34ClN3O5. The zero-order valence-corrected chi connectivity index (χ0v) is 24.4. The van der Waals surface area contributed by atoms with Gasteiger partial charge in [0.05, 0.1) is 26.9 Å². The highest BCUT2D eigenvalue weighted by Gasteiger charge is 2.42. The molecule has 1 atom stereocenters. The number of carbonyl (C=O) groups excluding carboxylic acids is 1.